The Morgan fingerprint density at radius 2 is 1.62 bits per heavy atom. The summed E-state index contributed by atoms with van der Waals surface area (Å²) in [5.41, 5.74) is 2.78. The smallest absolute Gasteiger partial charge is 0.255 e. The number of hydrogen-bond donors (Lipinski definition) is 3. The van der Waals surface area contributed by atoms with E-state index in [9.17, 15) is 18.0 Å². The van der Waals surface area contributed by atoms with Gasteiger partial charge in [-0.2, -0.15) is 0 Å². The largest absolute Gasteiger partial charge is 0.355 e. The summed E-state index contributed by atoms with van der Waals surface area (Å²) in [4.78, 5) is 24.7. The number of benzene rings is 2. The maximum Gasteiger partial charge on any atom is 0.255 e. The SMILES string of the molecule is CNC(=O)c1c(C)cccc1NC(=O)c1ccc(C)c(NS(C)(=O)=O)c1. The van der Waals surface area contributed by atoms with Crippen LogP contribution < -0.4 is 15.4 Å². The molecule has 138 valence electrons. The fraction of sp³-hybridized carbons (Fsp3) is 0.222. The zero-order valence-electron chi connectivity index (χ0n) is 15.0. The zero-order chi connectivity index (χ0) is 19.5. The minimum atomic E-state index is -3.46. The second kappa shape index (κ2) is 7.57. The van der Waals surface area contributed by atoms with Gasteiger partial charge in [-0.3, -0.25) is 14.3 Å². The molecule has 2 amide bonds. The lowest BCUT2D eigenvalue weighted by Gasteiger charge is -2.14. The molecule has 0 spiro atoms. The molecular weight excluding hydrogens is 354 g/mol. The first-order chi connectivity index (χ1) is 12.1. The number of carbonyl (C=O) groups excluding carboxylic acids is 2. The van der Waals surface area contributed by atoms with E-state index in [0.29, 0.717) is 22.5 Å². The molecule has 0 aromatic heterocycles. The summed E-state index contributed by atoms with van der Waals surface area (Å²) < 4.78 is 25.3. The quantitative estimate of drug-likeness (QED) is 0.746. The molecule has 0 unspecified atom stereocenters. The van der Waals surface area contributed by atoms with Crippen molar-refractivity contribution in [3.8, 4) is 0 Å². The fourth-order valence-electron chi connectivity index (χ4n) is 2.47. The van der Waals surface area contributed by atoms with Gasteiger partial charge in [0.05, 0.1) is 23.2 Å². The lowest BCUT2D eigenvalue weighted by Crippen LogP contribution is -2.22. The van der Waals surface area contributed by atoms with Crippen LogP contribution in [0.5, 0.6) is 0 Å². The molecule has 3 N–H and O–H groups in total. The van der Waals surface area contributed by atoms with E-state index in [-0.39, 0.29) is 11.5 Å². The van der Waals surface area contributed by atoms with Crippen LogP contribution in [-0.4, -0.2) is 33.5 Å². The highest BCUT2D eigenvalue weighted by Gasteiger charge is 2.16. The molecule has 0 aliphatic carbocycles. The van der Waals surface area contributed by atoms with Crippen molar-refractivity contribution in [1.29, 1.82) is 0 Å². The Kier molecular flexibility index (Phi) is 5.66. The molecule has 8 heteroatoms. The minimum Gasteiger partial charge on any atom is -0.355 e. The van der Waals surface area contributed by atoms with Crippen molar-refractivity contribution in [2.24, 2.45) is 0 Å². The molecule has 0 radical (unpaired) electrons. The predicted octanol–water partition coefficient (Wildman–Crippen LogP) is 2.29. The van der Waals surface area contributed by atoms with Crippen molar-refractivity contribution in [3.63, 3.8) is 0 Å². The molecule has 0 bridgehead atoms. The lowest BCUT2D eigenvalue weighted by molar-refractivity contribution is 0.0963. The van der Waals surface area contributed by atoms with Gasteiger partial charge in [0, 0.05) is 12.6 Å². The number of amides is 2. The molecular formula is C18H21N3O4S. The number of aryl methyl sites for hydroxylation is 2. The topological polar surface area (TPSA) is 104 Å². The van der Waals surface area contributed by atoms with Crippen LogP contribution in [0, 0.1) is 13.8 Å². The van der Waals surface area contributed by atoms with Crippen molar-refractivity contribution in [2.75, 3.05) is 23.3 Å². The van der Waals surface area contributed by atoms with Crippen LogP contribution in [0.4, 0.5) is 11.4 Å². The standard InChI is InChI=1S/C18H21N3O4S/c1-11-8-9-13(10-15(11)21-26(4,24)25)17(22)20-14-7-5-6-12(2)16(14)18(23)19-3/h5-10,21H,1-4H3,(H,19,23)(H,20,22). The van der Waals surface area contributed by atoms with E-state index in [1.165, 1.54) is 13.1 Å². The highest BCUT2D eigenvalue weighted by Crippen LogP contribution is 2.22. The summed E-state index contributed by atoms with van der Waals surface area (Å²) in [5.74, 6) is -0.751. The third-order valence-electron chi connectivity index (χ3n) is 3.77. The molecule has 0 atom stereocenters. The molecule has 0 fully saturated rings. The maximum atomic E-state index is 12.6. The van der Waals surface area contributed by atoms with Gasteiger partial charge in [-0.25, -0.2) is 8.42 Å². The van der Waals surface area contributed by atoms with Crippen LogP contribution in [0.1, 0.15) is 31.8 Å². The highest BCUT2D eigenvalue weighted by atomic mass is 32.2. The number of anilines is 2. The summed E-state index contributed by atoms with van der Waals surface area (Å²) in [6.45, 7) is 3.51. The summed E-state index contributed by atoms with van der Waals surface area (Å²) in [6.07, 6.45) is 1.04. The van der Waals surface area contributed by atoms with Gasteiger partial charge < -0.3 is 10.6 Å². The Bertz CT molecular complexity index is 968. The van der Waals surface area contributed by atoms with Crippen LogP contribution >= 0.6 is 0 Å². The Hall–Kier alpha value is -2.87. The van der Waals surface area contributed by atoms with E-state index in [1.807, 2.05) is 0 Å². The average Bonchev–Trinajstić information content (AvgIpc) is 2.55. The van der Waals surface area contributed by atoms with Gasteiger partial charge >= 0.3 is 0 Å². The van der Waals surface area contributed by atoms with Gasteiger partial charge in [0.25, 0.3) is 11.8 Å². The Morgan fingerprint density at radius 3 is 2.23 bits per heavy atom. The van der Waals surface area contributed by atoms with Crippen LogP contribution in [0.15, 0.2) is 36.4 Å². The van der Waals surface area contributed by atoms with Gasteiger partial charge in [0.15, 0.2) is 0 Å². The maximum absolute atomic E-state index is 12.6. The Morgan fingerprint density at radius 1 is 0.923 bits per heavy atom. The Balaban J connectivity index is 2.36. The van der Waals surface area contributed by atoms with Crippen molar-refractivity contribution >= 4 is 33.2 Å². The minimum absolute atomic E-state index is 0.270. The zero-order valence-corrected chi connectivity index (χ0v) is 15.8. The van der Waals surface area contributed by atoms with Crippen LogP contribution in [0.3, 0.4) is 0 Å². The number of nitrogens with one attached hydrogen (secondary N) is 3. The van der Waals surface area contributed by atoms with Crippen molar-refractivity contribution in [1.82, 2.24) is 5.32 Å². The molecule has 0 aliphatic rings. The number of hydrogen-bond acceptors (Lipinski definition) is 4. The van der Waals surface area contributed by atoms with Gasteiger partial charge in [-0.15, -0.1) is 0 Å². The van der Waals surface area contributed by atoms with Gasteiger partial charge in [-0.05, 0) is 43.2 Å². The second-order valence-corrected chi connectivity index (χ2v) is 7.68. The van der Waals surface area contributed by atoms with E-state index < -0.39 is 15.9 Å². The van der Waals surface area contributed by atoms with Crippen molar-refractivity contribution < 1.29 is 18.0 Å². The predicted molar refractivity (Wildman–Crippen MR) is 102 cm³/mol. The second-order valence-electron chi connectivity index (χ2n) is 5.93. The van der Waals surface area contributed by atoms with E-state index >= 15 is 0 Å². The average molecular weight is 375 g/mol. The number of sulfonamides is 1. The van der Waals surface area contributed by atoms with E-state index in [2.05, 4.69) is 15.4 Å². The lowest BCUT2D eigenvalue weighted by atomic mass is 10.0. The molecule has 2 aromatic carbocycles. The summed E-state index contributed by atoms with van der Waals surface area (Å²) in [6, 6.07) is 9.86. The van der Waals surface area contributed by atoms with Gasteiger partial charge in [-0.1, -0.05) is 18.2 Å². The third kappa shape index (κ3) is 4.60. The first-order valence-corrected chi connectivity index (χ1v) is 9.73. The summed E-state index contributed by atoms with van der Waals surface area (Å²) in [7, 11) is -1.95. The fourth-order valence-corrected chi connectivity index (χ4v) is 3.09. The number of carbonyl (C=O) groups is 2. The van der Waals surface area contributed by atoms with Crippen LogP contribution in [0.25, 0.3) is 0 Å². The monoisotopic (exact) mass is 375 g/mol. The normalized spacial score (nSPS) is 10.9. The summed E-state index contributed by atoms with van der Waals surface area (Å²) >= 11 is 0. The van der Waals surface area contributed by atoms with Crippen molar-refractivity contribution in [2.45, 2.75) is 13.8 Å². The van der Waals surface area contributed by atoms with Crippen molar-refractivity contribution in [3.05, 3.63) is 58.7 Å². The van der Waals surface area contributed by atoms with Gasteiger partial charge in [0.1, 0.15) is 0 Å². The first-order valence-electron chi connectivity index (χ1n) is 7.84. The molecule has 26 heavy (non-hydrogen) atoms. The highest BCUT2D eigenvalue weighted by molar-refractivity contribution is 7.92. The molecule has 2 rings (SSSR count). The number of rotatable bonds is 5. The summed E-state index contributed by atoms with van der Waals surface area (Å²) in [5, 5.41) is 5.27. The Labute approximate surface area is 152 Å². The van der Waals surface area contributed by atoms with Gasteiger partial charge in [0.2, 0.25) is 10.0 Å². The third-order valence-corrected chi connectivity index (χ3v) is 4.36. The molecule has 7 nitrogen and oxygen atoms in total. The first kappa shape index (κ1) is 19.5. The molecule has 0 heterocycles. The molecule has 2 aromatic rings. The molecule has 0 aliphatic heterocycles. The van der Waals surface area contributed by atoms with Crippen LogP contribution in [0.2, 0.25) is 0 Å². The van der Waals surface area contributed by atoms with Crippen LogP contribution in [-0.2, 0) is 10.0 Å². The molecule has 0 saturated heterocycles. The molecule has 0 saturated carbocycles. The van der Waals surface area contributed by atoms with E-state index in [0.717, 1.165) is 11.8 Å². The van der Waals surface area contributed by atoms with E-state index in [1.54, 1.807) is 44.2 Å². The van der Waals surface area contributed by atoms with E-state index in [4.69, 9.17) is 0 Å².